The van der Waals surface area contributed by atoms with Crippen molar-refractivity contribution in [3.8, 4) is 5.75 Å². The first-order valence-corrected chi connectivity index (χ1v) is 9.65. The smallest absolute Gasteiger partial charge is 0.341 e. The van der Waals surface area contributed by atoms with E-state index in [9.17, 15) is 14.4 Å². The van der Waals surface area contributed by atoms with Crippen molar-refractivity contribution >= 4 is 40.9 Å². The predicted octanol–water partition coefficient (Wildman–Crippen LogP) is 2.95. The van der Waals surface area contributed by atoms with E-state index in [1.165, 1.54) is 18.9 Å². The van der Waals surface area contributed by atoms with Crippen molar-refractivity contribution in [2.75, 3.05) is 30.5 Å². The second kappa shape index (κ2) is 7.20. The molecule has 0 saturated carbocycles. The Morgan fingerprint density at radius 2 is 2.11 bits per heavy atom. The number of esters is 1. The first-order chi connectivity index (χ1) is 13.5. The van der Waals surface area contributed by atoms with Crippen LogP contribution < -0.4 is 15.0 Å². The second-order valence-electron chi connectivity index (χ2n) is 6.41. The van der Waals surface area contributed by atoms with Crippen LogP contribution in [0.2, 0.25) is 0 Å². The lowest BCUT2D eigenvalue weighted by Gasteiger charge is -2.31. The molecule has 1 atom stereocenters. The minimum atomic E-state index is -0.520. The lowest BCUT2D eigenvalue weighted by atomic mass is 10.1. The topological polar surface area (TPSA) is 84.9 Å². The Labute approximate surface area is 166 Å². The molecule has 8 heteroatoms. The molecule has 144 valence electrons. The zero-order valence-electron chi connectivity index (χ0n) is 15.4. The van der Waals surface area contributed by atoms with Gasteiger partial charge in [0, 0.05) is 10.5 Å². The number of benzene rings is 2. The molecule has 1 N–H and O–H groups in total. The number of para-hydroxylation sites is 1. The van der Waals surface area contributed by atoms with E-state index >= 15 is 0 Å². The number of amides is 2. The minimum absolute atomic E-state index is 0.0819. The van der Waals surface area contributed by atoms with Gasteiger partial charge in [-0.3, -0.25) is 9.59 Å². The molecule has 2 aromatic rings. The molecule has 2 aliphatic rings. The van der Waals surface area contributed by atoms with Crippen molar-refractivity contribution in [1.82, 2.24) is 0 Å². The third kappa shape index (κ3) is 3.09. The predicted molar refractivity (Wildman–Crippen MR) is 105 cm³/mol. The largest absolute Gasteiger partial charge is 0.489 e. The van der Waals surface area contributed by atoms with Crippen LogP contribution in [0.25, 0.3) is 0 Å². The highest BCUT2D eigenvalue weighted by Crippen LogP contribution is 2.38. The molecule has 0 spiro atoms. The normalized spacial score (nSPS) is 17.7. The molecule has 2 aromatic carbocycles. The van der Waals surface area contributed by atoms with Crippen LogP contribution in [0.3, 0.4) is 0 Å². The number of carbonyl (C=O) groups excluding carboxylic acids is 3. The van der Waals surface area contributed by atoms with E-state index in [1.807, 2.05) is 13.0 Å². The molecule has 7 nitrogen and oxygen atoms in total. The van der Waals surface area contributed by atoms with Crippen LogP contribution in [-0.4, -0.2) is 43.3 Å². The number of hydrogen-bond donors (Lipinski definition) is 1. The van der Waals surface area contributed by atoms with Gasteiger partial charge in [0.25, 0.3) is 5.91 Å². The average molecular weight is 398 g/mol. The Kier molecular flexibility index (Phi) is 4.72. The number of nitrogens with zero attached hydrogens (tertiary/aromatic N) is 1. The van der Waals surface area contributed by atoms with E-state index in [1.54, 1.807) is 35.2 Å². The van der Waals surface area contributed by atoms with E-state index in [2.05, 4.69) is 5.32 Å². The molecule has 28 heavy (non-hydrogen) atoms. The van der Waals surface area contributed by atoms with Crippen LogP contribution in [0.4, 0.5) is 11.4 Å². The first kappa shape index (κ1) is 18.4. The van der Waals surface area contributed by atoms with Crippen molar-refractivity contribution in [3.63, 3.8) is 0 Å². The molecule has 0 saturated heterocycles. The zero-order valence-corrected chi connectivity index (χ0v) is 16.2. The molecule has 2 amide bonds. The van der Waals surface area contributed by atoms with Crippen LogP contribution in [0.15, 0.2) is 41.3 Å². The summed E-state index contributed by atoms with van der Waals surface area (Å²) in [5.41, 5.74) is 1.88. The summed E-state index contributed by atoms with van der Waals surface area (Å²) in [7, 11) is 1.30. The van der Waals surface area contributed by atoms with Crippen molar-refractivity contribution in [2.45, 2.75) is 17.1 Å². The summed E-state index contributed by atoms with van der Waals surface area (Å²) in [6.07, 6.45) is 0. The van der Waals surface area contributed by atoms with Gasteiger partial charge in [0.15, 0.2) is 5.75 Å². The number of methoxy groups -OCH3 is 1. The Morgan fingerprint density at radius 3 is 2.89 bits per heavy atom. The Balaban J connectivity index is 1.69. The summed E-state index contributed by atoms with van der Waals surface area (Å²) in [5, 5.41) is 2.67. The monoisotopic (exact) mass is 398 g/mol. The van der Waals surface area contributed by atoms with E-state index in [0.29, 0.717) is 29.2 Å². The molecule has 4 rings (SSSR count). The van der Waals surface area contributed by atoms with Gasteiger partial charge >= 0.3 is 5.97 Å². The van der Waals surface area contributed by atoms with Crippen LogP contribution in [0.5, 0.6) is 5.75 Å². The van der Waals surface area contributed by atoms with Crippen LogP contribution in [-0.2, 0) is 9.53 Å². The third-order valence-corrected chi connectivity index (χ3v) is 5.83. The van der Waals surface area contributed by atoms with Gasteiger partial charge in [-0.05, 0) is 37.3 Å². The fourth-order valence-electron chi connectivity index (χ4n) is 3.23. The summed E-state index contributed by atoms with van der Waals surface area (Å²) in [6.45, 7) is 2.46. The fourth-order valence-corrected chi connectivity index (χ4v) is 4.16. The van der Waals surface area contributed by atoms with Crippen LogP contribution in [0.1, 0.15) is 27.6 Å². The van der Waals surface area contributed by atoms with Gasteiger partial charge in [0.05, 0.1) is 30.3 Å². The lowest BCUT2D eigenvalue weighted by Crippen LogP contribution is -2.38. The van der Waals surface area contributed by atoms with Gasteiger partial charge in [-0.1, -0.05) is 6.07 Å². The maximum Gasteiger partial charge on any atom is 0.341 e. The van der Waals surface area contributed by atoms with E-state index in [-0.39, 0.29) is 29.2 Å². The number of ether oxygens (including phenoxy) is 2. The number of hydrogen-bond acceptors (Lipinski definition) is 6. The second-order valence-corrected chi connectivity index (χ2v) is 7.79. The molecule has 0 fully saturated rings. The highest BCUT2D eigenvalue weighted by Gasteiger charge is 2.30. The number of thioether (sulfide) groups is 1. The quantitative estimate of drug-likeness (QED) is 0.783. The lowest BCUT2D eigenvalue weighted by molar-refractivity contribution is -0.115. The van der Waals surface area contributed by atoms with Crippen LogP contribution >= 0.6 is 11.8 Å². The summed E-state index contributed by atoms with van der Waals surface area (Å²) in [4.78, 5) is 39.6. The number of anilines is 2. The van der Waals surface area contributed by atoms with Gasteiger partial charge in [-0.25, -0.2) is 4.79 Å². The molecule has 0 aromatic heterocycles. The molecular formula is C20H18N2O5S. The van der Waals surface area contributed by atoms with Gasteiger partial charge in [-0.15, -0.1) is 11.8 Å². The van der Waals surface area contributed by atoms with Crippen LogP contribution in [0, 0.1) is 0 Å². The molecule has 0 bridgehead atoms. The number of carbonyl (C=O) groups is 3. The van der Waals surface area contributed by atoms with Crippen molar-refractivity contribution in [3.05, 3.63) is 47.5 Å². The minimum Gasteiger partial charge on any atom is -0.489 e. The highest BCUT2D eigenvalue weighted by molar-refractivity contribution is 8.00. The molecule has 2 heterocycles. The molecule has 0 aliphatic carbocycles. The van der Waals surface area contributed by atoms with Gasteiger partial charge < -0.3 is 19.7 Å². The summed E-state index contributed by atoms with van der Waals surface area (Å²) in [6, 6.07) is 10.3. The first-order valence-electron chi connectivity index (χ1n) is 8.77. The average Bonchev–Trinajstić information content (AvgIpc) is 2.72. The molecule has 1 unspecified atom stereocenters. The highest BCUT2D eigenvalue weighted by atomic mass is 32.2. The standard InChI is InChI=1S/C20H18N2O5S/c1-11-18(23)21-14-10-12(6-7-16(14)28-11)19(24)22-8-9-27-17-13(20(25)26-2)4-3-5-15(17)22/h3-7,10-11H,8-9H2,1-2H3,(H,21,23). The van der Waals surface area contributed by atoms with Crippen molar-refractivity contribution < 1.29 is 23.9 Å². The van der Waals surface area contributed by atoms with E-state index in [0.717, 1.165) is 4.90 Å². The Bertz CT molecular complexity index is 991. The number of rotatable bonds is 2. The SMILES string of the molecule is COC(=O)c1cccc2c1OCCN2C(=O)c1ccc2c(c1)NC(=O)C(C)S2. The molecule has 0 radical (unpaired) electrons. The maximum absolute atomic E-state index is 13.2. The van der Waals surface area contributed by atoms with Crippen molar-refractivity contribution in [1.29, 1.82) is 0 Å². The summed E-state index contributed by atoms with van der Waals surface area (Å²) in [5.74, 6) is -0.493. The van der Waals surface area contributed by atoms with Crippen molar-refractivity contribution in [2.24, 2.45) is 0 Å². The van der Waals surface area contributed by atoms with Gasteiger partial charge in [0.1, 0.15) is 12.2 Å². The Hall–Kier alpha value is -3.00. The summed E-state index contributed by atoms with van der Waals surface area (Å²) >= 11 is 1.46. The maximum atomic E-state index is 13.2. The van der Waals surface area contributed by atoms with Gasteiger partial charge in [-0.2, -0.15) is 0 Å². The molecule has 2 aliphatic heterocycles. The summed E-state index contributed by atoms with van der Waals surface area (Å²) < 4.78 is 10.5. The fraction of sp³-hybridized carbons (Fsp3) is 0.250. The number of nitrogens with one attached hydrogen (secondary N) is 1. The molecular weight excluding hydrogens is 380 g/mol. The van der Waals surface area contributed by atoms with Gasteiger partial charge in [0.2, 0.25) is 5.91 Å². The third-order valence-electron chi connectivity index (χ3n) is 4.65. The zero-order chi connectivity index (χ0) is 19.8. The number of fused-ring (bicyclic) bond motifs is 2. The Morgan fingerprint density at radius 1 is 1.29 bits per heavy atom. The van der Waals surface area contributed by atoms with E-state index in [4.69, 9.17) is 9.47 Å². The van der Waals surface area contributed by atoms with E-state index < -0.39 is 5.97 Å².